The third-order valence-corrected chi connectivity index (χ3v) is 15.7. The molecule has 0 radical (unpaired) electrons. The summed E-state index contributed by atoms with van der Waals surface area (Å²) in [7, 11) is 0. The van der Waals surface area contributed by atoms with E-state index in [1.165, 1.54) is 115 Å². The van der Waals surface area contributed by atoms with Gasteiger partial charge in [0.15, 0.2) is 0 Å². The fourth-order valence-corrected chi connectivity index (χ4v) is 12.3. The Morgan fingerprint density at radius 2 is 0.694 bits per heavy atom. The molecule has 72 heavy (non-hydrogen) atoms. The molecule has 0 aliphatic heterocycles. The minimum Gasteiger partial charge on any atom is -0.309 e. The van der Waals surface area contributed by atoms with Gasteiger partial charge in [-0.1, -0.05) is 135 Å². The van der Waals surface area contributed by atoms with Crippen molar-refractivity contribution in [3.05, 3.63) is 254 Å². The van der Waals surface area contributed by atoms with Crippen LogP contribution in [0.2, 0.25) is 0 Å². The molecule has 4 heteroatoms. The number of fused-ring (bicyclic) bond motifs is 12. The van der Waals surface area contributed by atoms with E-state index in [9.17, 15) is 0 Å². The maximum absolute atomic E-state index is 4.92. The maximum atomic E-state index is 4.92. The molecule has 0 bridgehead atoms. The molecule has 4 aromatic heterocycles. The highest BCUT2D eigenvalue weighted by Gasteiger charge is 2.36. The van der Waals surface area contributed by atoms with E-state index in [4.69, 9.17) is 4.98 Å². The highest BCUT2D eigenvalue weighted by atomic mass is 15.0. The smallest absolute Gasteiger partial charge is 0.0746 e. The Bertz CT molecular complexity index is 4350. The largest absolute Gasteiger partial charge is 0.309 e. The van der Waals surface area contributed by atoms with Crippen molar-refractivity contribution in [2.75, 3.05) is 0 Å². The van der Waals surface area contributed by atoms with Gasteiger partial charge < -0.3 is 13.7 Å². The average molecular weight is 919 g/mol. The fraction of sp³-hybridized carbons (Fsp3) is 0.0441. The summed E-state index contributed by atoms with van der Waals surface area (Å²) in [4.78, 5) is 4.92. The SMILES string of the molecule is CC1(C)c2ccc(-n3c4ccccc4c4cc(-c5cc(-c6ccc7c(c6)c6ccccc6n7-c6ccccc6)cc(-c6ccc7c(c6)c6ccccc6n7-c6ccccc6)c5)ccc43)cc2-c2ncccc21. The predicted octanol–water partition coefficient (Wildman–Crippen LogP) is 17.7. The highest BCUT2D eigenvalue weighted by Crippen LogP contribution is 2.49. The Morgan fingerprint density at radius 1 is 0.292 bits per heavy atom. The average Bonchev–Trinajstić information content (AvgIpc) is 4.14. The Morgan fingerprint density at radius 3 is 1.15 bits per heavy atom. The number of nitrogens with zero attached hydrogens (tertiary/aromatic N) is 4. The number of pyridine rings is 1. The highest BCUT2D eigenvalue weighted by molar-refractivity contribution is 6.13. The monoisotopic (exact) mass is 918 g/mol. The van der Waals surface area contributed by atoms with Crippen LogP contribution in [0.5, 0.6) is 0 Å². The van der Waals surface area contributed by atoms with Crippen LogP contribution in [0.1, 0.15) is 25.0 Å². The molecule has 15 rings (SSSR count). The fourth-order valence-electron chi connectivity index (χ4n) is 12.3. The van der Waals surface area contributed by atoms with Gasteiger partial charge in [-0.3, -0.25) is 4.98 Å². The molecule has 0 fully saturated rings. The number of aromatic nitrogens is 4. The van der Waals surface area contributed by atoms with Crippen LogP contribution in [0.15, 0.2) is 243 Å². The van der Waals surface area contributed by atoms with Crippen molar-refractivity contribution in [1.29, 1.82) is 0 Å². The first-order valence-corrected chi connectivity index (χ1v) is 24.9. The Balaban J connectivity index is 0.935. The van der Waals surface area contributed by atoms with Crippen LogP contribution in [0.3, 0.4) is 0 Å². The van der Waals surface area contributed by atoms with Crippen LogP contribution in [0, 0.1) is 0 Å². The number of benzene rings is 10. The number of hydrogen-bond donors (Lipinski definition) is 0. The molecule has 0 N–H and O–H groups in total. The van der Waals surface area contributed by atoms with Crippen LogP contribution in [-0.4, -0.2) is 18.7 Å². The summed E-state index contributed by atoms with van der Waals surface area (Å²) in [5.74, 6) is 0. The molecule has 338 valence electrons. The maximum Gasteiger partial charge on any atom is 0.0746 e. The first-order chi connectivity index (χ1) is 35.5. The Kier molecular flexibility index (Phi) is 8.67. The Hall–Kier alpha value is -9.25. The predicted molar refractivity (Wildman–Crippen MR) is 301 cm³/mol. The van der Waals surface area contributed by atoms with Gasteiger partial charge in [-0.15, -0.1) is 0 Å². The molecule has 14 aromatic rings. The third kappa shape index (κ3) is 5.96. The minimum atomic E-state index is -0.111. The second-order valence-electron chi connectivity index (χ2n) is 20.0. The van der Waals surface area contributed by atoms with Gasteiger partial charge in [0, 0.05) is 66.6 Å². The van der Waals surface area contributed by atoms with Gasteiger partial charge in [0.05, 0.1) is 38.8 Å². The summed E-state index contributed by atoms with van der Waals surface area (Å²) < 4.78 is 7.22. The molecule has 0 atom stereocenters. The zero-order valence-corrected chi connectivity index (χ0v) is 39.9. The van der Waals surface area contributed by atoms with E-state index in [0.29, 0.717) is 0 Å². The molecule has 10 aromatic carbocycles. The quantitative estimate of drug-likeness (QED) is 0.163. The topological polar surface area (TPSA) is 27.7 Å². The summed E-state index contributed by atoms with van der Waals surface area (Å²) in [5.41, 5.74) is 22.4. The summed E-state index contributed by atoms with van der Waals surface area (Å²) in [6, 6.07) is 87.4. The van der Waals surface area contributed by atoms with Crippen LogP contribution in [-0.2, 0) is 5.41 Å². The van der Waals surface area contributed by atoms with Crippen molar-refractivity contribution in [3.8, 4) is 61.7 Å². The van der Waals surface area contributed by atoms with E-state index >= 15 is 0 Å². The lowest BCUT2D eigenvalue weighted by atomic mass is 9.83. The van der Waals surface area contributed by atoms with E-state index in [1.807, 2.05) is 6.20 Å². The van der Waals surface area contributed by atoms with Gasteiger partial charge in [0.25, 0.3) is 0 Å². The van der Waals surface area contributed by atoms with E-state index < -0.39 is 0 Å². The number of rotatable bonds is 6. The molecular formula is C68H46N4. The van der Waals surface area contributed by atoms with Gasteiger partial charge in [-0.2, -0.15) is 0 Å². The lowest BCUT2D eigenvalue weighted by Crippen LogP contribution is -2.15. The van der Waals surface area contributed by atoms with Crippen molar-refractivity contribution in [2.24, 2.45) is 0 Å². The second kappa shape index (κ2) is 15.4. The van der Waals surface area contributed by atoms with Crippen molar-refractivity contribution in [1.82, 2.24) is 18.7 Å². The lowest BCUT2D eigenvalue weighted by molar-refractivity contribution is 0.659. The summed E-state index contributed by atoms with van der Waals surface area (Å²) in [6.45, 7) is 4.63. The molecule has 0 spiro atoms. The lowest BCUT2D eigenvalue weighted by Gasteiger charge is -2.21. The van der Waals surface area contributed by atoms with E-state index in [2.05, 4.69) is 264 Å². The van der Waals surface area contributed by atoms with Gasteiger partial charge in [0.1, 0.15) is 0 Å². The Labute approximate surface area is 416 Å². The molecule has 1 aliphatic carbocycles. The zero-order valence-electron chi connectivity index (χ0n) is 39.9. The molecule has 0 saturated heterocycles. The van der Waals surface area contributed by atoms with Gasteiger partial charge in [-0.25, -0.2) is 0 Å². The molecular weight excluding hydrogens is 873 g/mol. The van der Waals surface area contributed by atoms with Crippen LogP contribution in [0.4, 0.5) is 0 Å². The second-order valence-corrected chi connectivity index (χ2v) is 20.0. The third-order valence-electron chi connectivity index (χ3n) is 15.7. The van der Waals surface area contributed by atoms with Crippen LogP contribution < -0.4 is 0 Å². The first-order valence-electron chi connectivity index (χ1n) is 24.9. The number of hydrogen-bond acceptors (Lipinski definition) is 1. The summed E-state index contributed by atoms with van der Waals surface area (Å²) in [6.07, 6.45) is 1.92. The normalized spacial score (nSPS) is 13.0. The molecule has 0 saturated carbocycles. The van der Waals surface area contributed by atoms with Crippen LogP contribution in [0.25, 0.3) is 127 Å². The molecule has 0 amide bonds. The minimum absolute atomic E-state index is 0.111. The van der Waals surface area contributed by atoms with E-state index in [1.54, 1.807) is 0 Å². The van der Waals surface area contributed by atoms with Crippen LogP contribution >= 0.6 is 0 Å². The van der Waals surface area contributed by atoms with E-state index in [-0.39, 0.29) is 5.41 Å². The van der Waals surface area contributed by atoms with Gasteiger partial charge in [0.2, 0.25) is 0 Å². The first kappa shape index (κ1) is 40.6. The van der Waals surface area contributed by atoms with Gasteiger partial charge in [-0.05, 0) is 160 Å². The summed E-state index contributed by atoms with van der Waals surface area (Å²) in [5, 5.41) is 7.40. The van der Waals surface area contributed by atoms with Crippen molar-refractivity contribution >= 4 is 65.4 Å². The van der Waals surface area contributed by atoms with E-state index in [0.717, 1.165) is 22.8 Å². The zero-order chi connectivity index (χ0) is 47.7. The number of para-hydroxylation sites is 5. The molecule has 1 aliphatic rings. The standard InChI is InChI=1S/C68H46N4/c1-68(2)59-31-30-51(42-58(59)67-60(68)23-15-35-69-67)72-63-26-14-11-22-54(63)57-41-45(29-34-66(57)72)48-37-46(43-27-32-64-55(39-43)52-20-9-12-24-61(52)70(64)49-16-5-3-6-17-49)36-47(38-48)44-28-33-65-56(40-44)53-21-10-13-25-62(53)71(65)50-18-7-4-8-19-50/h3-42H,1-2H3. The molecule has 0 unspecified atom stereocenters. The van der Waals surface area contributed by atoms with Crippen molar-refractivity contribution < 1.29 is 0 Å². The van der Waals surface area contributed by atoms with Gasteiger partial charge >= 0.3 is 0 Å². The van der Waals surface area contributed by atoms with Crippen molar-refractivity contribution in [3.63, 3.8) is 0 Å². The molecule has 4 heterocycles. The summed E-state index contributed by atoms with van der Waals surface area (Å²) >= 11 is 0. The van der Waals surface area contributed by atoms with Crippen molar-refractivity contribution in [2.45, 2.75) is 19.3 Å². The molecule has 4 nitrogen and oxygen atoms in total.